The molecule has 0 aliphatic carbocycles. The van der Waals surface area contributed by atoms with E-state index in [1.54, 1.807) is 6.92 Å². The van der Waals surface area contributed by atoms with Crippen LogP contribution in [-0.2, 0) is 32.2 Å². The standard InChI is InChI=1S/C44H49N3O6/c1-5-51-41(49)26-46-44(50)45-25-38-12-8-9-13-39(38)33-19-21-35(22-20-33)43-52-40(29(2)42(53-43)34-16-14-31(28-48)15-17-34)27-47(4)30(3)36-23-18-32-10-6-7-11-37(32)24-36/h6-24,29-30,40,42-43,48H,5,25-28H2,1-4H3,(H2,45,46,50). The quantitative estimate of drug-likeness (QED) is 0.107. The Labute approximate surface area is 311 Å². The molecule has 6 rings (SSSR count). The van der Waals surface area contributed by atoms with Gasteiger partial charge in [0.05, 0.1) is 25.4 Å². The summed E-state index contributed by atoms with van der Waals surface area (Å²) in [5.41, 5.74) is 6.95. The van der Waals surface area contributed by atoms with Gasteiger partial charge in [0.25, 0.3) is 0 Å². The van der Waals surface area contributed by atoms with Crippen molar-refractivity contribution >= 4 is 22.8 Å². The molecule has 5 atom stereocenters. The summed E-state index contributed by atoms with van der Waals surface area (Å²) in [4.78, 5) is 26.3. The largest absolute Gasteiger partial charge is 0.465 e. The molecule has 276 valence electrons. The lowest BCUT2D eigenvalue weighted by Crippen LogP contribution is -2.44. The van der Waals surface area contributed by atoms with Crippen molar-refractivity contribution in [3.63, 3.8) is 0 Å². The molecule has 1 fully saturated rings. The molecule has 5 unspecified atom stereocenters. The van der Waals surface area contributed by atoms with Crippen LogP contribution < -0.4 is 10.6 Å². The highest BCUT2D eigenvalue weighted by Gasteiger charge is 2.39. The SMILES string of the molecule is CCOC(=O)CNC(=O)NCc1ccccc1-c1ccc(C2OC(CN(C)C(C)c3ccc4ccccc4c3)C(C)C(c3ccc(CO)cc3)O2)cc1. The van der Waals surface area contributed by atoms with Gasteiger partial charge in [-0.3, -0.25) is 9.69 Å². The number of urea groups is 1. The van der Waals surface area contributed by atoms with E-state index >= 15 is 0 Å². The monoisotopic (exact) mass is 715 g/mol. The van der Waals surface area contributed by atoms with Crippen LogP contribution in [-0.4, -0.2) is 54.9 Å². The van der Waals surface area contributed by atoms with Crippen molar-refractivity contribution in [2.24, 2.45) is 5.92 Å². The number of hydrogen-bond acceptors (Lipinski definition) is 7. The van der Waals surface area contributed by atoms with Crippen LogP contribution in [0.2, 0.25) is 0 Å². The maximum Gasteiger partial charge on any atom is 0.325 e. The molecule has 1 heterocycles. The zero-order valence-corrected chi connectivity index (χ0v) is 30.8. The fourth-order valence-electron chi connectivity index (χ4n) is 6.87. The van der Waals surface area contributed by atoms with Gasteiger partial charge < -0.3 is 30.0 Å². The normalized spacial score (nSPS) is 19.1. The average Bonchev–Trinajstić information content (AvgIpc) is 3.20. The van der Waals surface area contributed by atoms with Crippen molar-refractivity contribution < 1.29 is 28.9 Å². The van der Waals surface area contributed by atoms with Crippen LogP contribution in [0.15, 0.2) is 115 Å². The molecule has 9 nitrogen and oxygen atoms in total. The van der Waals surface area contributed by atoms with E-state index < -0.39 is 18.3 Å². The van der Waals surface area contributed by atoms with E-state index in [4.69, 9.17) is 14.2 Å². The van der Waals surface area contributed by atoms with E-state index in [0.717, 1.165) is 33.4 Å². The van der Waals surface area contributed by atoms with Gasteiger partial charge in [-0.1, -0.05) is 116 Å². The van der Waals surface area contributed by atoms with Gasteiger partial charge in [0.1, 0.15) is 6.54 Å². The lowest BCUT2D eigenvalue weighted by molar-refractivity contribution is -0.276. The van der Waals surface area contributed by atoms with Crippen LogP contribution in [0.3, 0.4) is 0 Å². The van der Waals surface area contributed by atoms with Gasteiger partial charge in [0, 0.05) is 30.6 Å². The number of nitrogens with zero attached hydrogens (tertiary/aromatic N) is 1. The Kier molecular flexibility index (Phi) is 12.5. The van der Waals surface area contributed by atoms with E-state index in [0.29, 0.717) is 6.54 Å². The van der Waals surface area contributed by atoms with Crippen LogP contribution >= 0.6 is 0 Å². The predicted octanol–water partition coefficient (Wildman–Crippen LogP) is 7.85. The molecule has 0 spiro atoms. The van der Waals surface area contributed by atoms with Gasteiger partial charge in [0.15, 0.2) is 6.29 Å². The lowest BCUT2D eigenvalue weighted by Gasteiger charge is -2.43. The summed E-state index contributed by atoms with van der Waals surface area (Å²) in [6, 6.07) is 38.9. The smallest absolute Gasteiger partial charge is 0.325 e. The topological polar surface area (TPSA) is 109 Å². The summed E-state index contributed by atoms with van der Waals surface area (Å²) >= 11 is 0. The number of aliphatic hydroxyl groups excluding tert-OH is 1. The molecule has 0 aromatic heterocycles. The fourth-order valence-corrected chi connectivity index (χ4v) is 6.87. The van der Waals surface area contributed by atoms with Gasteiger partial charge in [-0.15, -0.1) is 0 Å². The van der Waals surface area contributed by atoms with Crippen LogP contribution in [0.4, 0.5) is 4.79 Å². The highest BCUT2D eigenvalue weighted by Crippen LogP contribution is 2.42. The maximum atomic E-state index is 12.4. The van der Waals surface area contributed by atoms with Gasteiger partial charge >= 0.3 is 12.0 Å². The highest BCUT2D eigenvalue weighted by atomic mass is 16.7. The Morgan fingerprint density at radius 3 is 2.28 bits per heavy atom. The molecule has 0 bridgehead atoms. The van der Waals surface area contributed by atoms with Crippen molar-refractivity contribution in [3.8, 4) is 11.1 Å². The molecule has 1 aliphatic rings. The number of rotatable bonds is 13. The van der Waals surface area contributed by atoms with Crippen molar-refractivity contribution in [1.82, 2.24) is 15.5 Å². The number of hydrogen-bond donors (Lipinski definition) is 3. The number of ether oxygens (including phenoxy) is 3. The lowest BCUT2D eigenvalue weighted by atomic mass is 9.89. The molecule has 53 heavy (non-hydrogen) atoms. The summed E-state index contributed by atoms with van der Waals surface area (Å²) in [6.45, 7) is 7.18. The van der Waals surface area contributed by atoms with E-state index in [1.165, 1.54) is 16.3 Å². The molecule has 5 aromatic rings. The van der Waals surface area contributed by atoms with Crippen molar-refractivity contribution in [1.29, 1.82) is 0 Å². The fraction of sp³-hybridized carbons (Fsp3) is 0.318. The second-order valence-electron chi connectivity index (χ2n) is 13.7. The predicted molar refractivity (Wildman–Crippen MR) is 207 cm³/mol. The molecule has 5 aromatic carbocycles. The second kappa shape index (κ2) is 17.6. The van der Waals surface area contributed by atoms with Gasteiger partial charge in [-0.2, -0.15) is 0 Å². The van der Waals surface area contributed by atoms with Crippen molar-refractivity contribution in [3.05, 3.63) is 143 Å². The number of carbonyl (C=O) groups excluding carboxylic acids is 2. The number of aliphatic hydroxyl groups is 1. The zero-order valence-electron chi connectivity index (χ0n) is 30.8. The highest BCUT2D eigenvalue weighted by molar-refractivity contribution is 5.83. The minimum absolute atomic E-state index is 0.0125. The first-order valence-corrected chi connectivity index (χ1v) is 18.3. The maximum absolute atomic E-state index is 12.4. The number of carbonyl (C=O) groups is 2. The van der Waals surface area contributed by atoms with Crippen molar-refractivity contribution in [2.75, 3.05) is 26.7 Å². The summed E-state index contributed by atoms with van der Waals surface area (Å²) in [7, 11) is 2.15. The molecule has 1 saturated heterocycles. The molecular formula is C44H49N3O6. The first-order valence-electron chi connectivity index (χ1n) is 18.3. The Balaban J connectivity index is 1.19. The number of nitrogens with one attached hydrogen (secondary N) is 2. The van der Waals surface area contributed by atoms with E-state index in [9.17, 15) is 14.7 Å². The van der Waals surface area contributed by atoms with E-state index in [2.05, 4.69) is 78.9 Å². The van der Waals surface area contributed by atoms with Crippen LogP contribution in [0, 0.1) is 5.92 Å². The Morgan fingerprint density at radius 2 is 1.55 bits per heavy atom. The molecule has 1 aliphatic heterocycles. The number of benzene rings is 5. The Hall–Kier alpha value is -5.06. The minimum Gasteiger partial charge on any atom is -0.465 e. The Bertz CT molecular complexity index is 1980. The first kappa shape index (κ1) is 37.7. The minimum atomic E-state index is -0.600. The number of esters is 1. The summed E-state index contributed by atoms with van der Waals surface area (Å²) in [5, 5.41) is 17.5. The van der Waals surface area contributed by atoms with Crippen LogP contribution in [0.5, 0.6) is 0 Å². The van der Waals surface area contributed by atoms with Crippen LogP contribution in [0.1, 0.15) is 67.0 Å². The summed E-state index contributed by atoms with van der Waals surface area (Å²) in [6.07, 6.45) is -0.958. The number of amides is 2. The molecular weight excluding hydrogens is 666 g/mol. The summed E-state index contributed by atoms with van der Waals surface area (Å²) in [5.74, 6) is -0.436. The van der Waals surface area contributed by atoms with Gasteiger partial charge in [-0.05, 0) is 71.1 Å². The average molecular weight is 716 g/mol. The zero-order chi connectivity index (χ0) is 37.3. The molecule has 3 N–H and O–H groups in total. The van der Waals surface area contributed by atoms with E-state index in [1.807, 2.05) is 72.8 Å². The molecule has 9 heteroatoms. The third-order valence-electron chi connectivity index (χ3n) is 10.2. The van der Waals surface area contributed by atoms with Gasteiger partial charge in [0.2, 0.25) is 0 Å². The third-order valence-corrected chi connectivity index (χ3v) is 10.2. The third kappa shape index (κ3) is 9.30. The molecule has 0 radical (unpaired) electrons. The molecule has 0 saturated carbocycles. The second-order valence-corrected chi connectivity index (χ2v) is 13.7. The number of fused-ring (bicyclic) bond motifs is 1. The van der Waals surface area contributed by atoms with Gasteiger partial charge in [-0.25, -0.2) is 4.79 Å². The van der Waals surface area contributed by atoms with Crippen molar-refractivity contribution in [2.45, 2.75) is 58.5 Å². The first-order chi connectivity index (χ1) is 25.7. The molecule has 2 amide bonds. The Morgan fingerprint density at radius 1 is 0.849 bits per heavy atom. The number of likely N-dealkylation sites (N-methyl/N-ethyl adjacent to an activating group) is 1. The van der Waals surface area contributed by atoms with Crippen LogP contribution in [0.25, 0.3) is 21.9 Å². The van der Waals surface area contributed by atoms with E-state index in [-0.39, 0.29) is 50.5 Å². The summed E-state index contributed by atoms with van der Waals surface area (Å²) < 4.78 is 18.4.